The second kappa shape index (κ2) is 8.46. The van der Waals surface area contributed by atoms with Gasteiger partial charge < -0.3 is 14.6 Å². The van der Waals surface area contributed by atoms with Crippen LogP contribution in [0.1, 0.15) is 16.1 Å². The number of anilines is 1. The van der Waals surface area contributed by atoms with Crippen LogP contribution in [0.2, 0.25) is 0 Å². The quantitative estimate of drug-likeness (QED) is 0.427. The Labute approximate surface area is 180 Å². The number of fused-ring (bicyclic) bond motifs is 1. The van der Waals surface area contributed by atoms with E-state index in [9.17, 15) is 9.59 Å². The van der Waals surface area contributed by atoms with Gasteiger partial charge in [0.15, 0.2) is 12.4 Å². The van der Waals surface area contributed by atoms with Gasteiger partial charge in [0.2, 0.25) is 0 Å². The first-order valence-corrected chi connectivity index (χ1v) is 9.85. The molecule has 0 fully saturated rings. The van der Waals surface area contributed by atoms with Crippen LogP contribution in [0.4, 0.5) is 5.82 Å². The topological polar surface area (TPSA) is 94.3 Å². The van der Waals surface area contributed by atoms with Crippen molar-refractivity contribution in [2.24, 2.45) is 0 Å². The lowest BCUT2D eigenvalue weighted by atomic mass is 10.0. The van der Waals surface area contributed by atoms with E-state index in [0.29, 0.717) is 27.9 Å². The van der Waals surface area contributed by atoms with Gasteiger partial charge in [-0.3, -0.25) is 4.79 Å². The van der Waals surface area contributed by atoms with Crippen molar-refractivity contribution >= 4 is 44.5 Å². The number of rotatable bonds is 5. The molecule has 0 spiro atoms. The molecule has 1 N–H and O–H groups in total. The maximum atomic E-state index is 12.8. The van der Waals surface area contributed by atoms with Crippen molar-refractivity contribution in [2.45, 2.75) is 6.92 Å². The van der Waals surface area contributed by atoms with E-state index in [1.807, 2.05) is 42.5 Å². The Kier molecular flexibility index (Phi) is 5.58. The number of benzene rings is 2. The molecular formula is C22H16BrN3O4. The van der Waals surface area contributed by atoms with E-state index in [1.165, 1.54) is 0 Å². The number of hydrogen-bond acceptors (Lipinski definition) is 6. The average molecular weight is 466 g/mol. The number of halogens is 1. The molecule has 0 bridgehead atoms. The standard InChI is InChI=1S/C22H16BrN3O4/c1-13-10-20(26-30-13)25-21(27)12-29-22(28)17-11-19(14-6-8-15(23)9-7-14)24-18-5-3-2-4-16(17)18/h2-11H,12H2,1H3,(H,25,26,27). The summed E-state index contributed by atoms with van der Waals surface area (Å²) in [7, 11) is 0. The molecule has 0 aliphatic rings. The summed E-state index contributed by atoms with van der Waals surface area (Å²) in [6.45, 7) is 1.26. The molecule has 0 saturated heterocycles. The first-order valence-electron chi connectivity index (χ1n) is 9.05. The van der Waals surface area contributed by atoms with Gasteiger partial charge in [0.1, 0.15) is 5.76 Å². The van der Waals surface area contributed by atoms with E-state index >= 15 is 0 Å². The summed E-state index contributed by atoms with van der Waals surface area (Å²) in [6, 6.07) is 18.2. The summed E-state index contributed by atoms with van der Waals surface area (Å²) in [5.41, 5.74) is 2.49. The molecule has 2 aromatic carbocycles. The fraction of sp³-hybridized carbons (Fsp3) is 0.0909. The van der Waals surface area contributed by atoms with Crippen LogP contribution in [-0.2, 0) is 9.53 Å². The molecule has 0 aliphatic heterocycles. The molecule has 4 aromatic rings. The maximum absolute atomic E-state index is 12.8. The number of carbonyl (C=O) groups excluding carboxylic acids is 2. The third-order valence-electron chi connectivity index (χ3n) is 4.31. The van der Waals surface area contributed by atoms with Gasteiger partial charge in [0.25, 0.3) is 5.91 Å². The van der Waals surface area contributed by atoms with Crippen molar-refractivity contribution in [3.05, 3.63) is 76.5 Å². The minimum atomic E-state index is -0.613. The normalized spacial score (nSPS) is 10.7. The molecule has 30 heavy (non-hydrogen) atoms. The molecule has 2 heterocycles. The Balaban J connectivity index is 1.58. The van der Waals surface area contributed by atoms with Crippen molar-refractivity contribution in [1.29, 1.82) is 0 Å². The van der Waals surface area contributed by atoms with Crippen LogP contribution in [0.3, 0.4) is 0 Å². The second-order valence-corrected chi connectivity index (χ2v) is 7.44. The van der Waals surface area contributed by atoms with Gasteiger partial charge in [-0.2, -0.15) is 0 Å². The zero-order chi connectivity index (χ0) is 21.1. The minimum Gasteiger partial charge on any atom is -0.452 e. The zero-order valence-corrected chi connectivity index (χ0v) is 17.5. The number of esters is 1. The number of para-hydroxylation sites is 1. The molecule has 0 radical (unpaired) electrons. The largest absolute Gasteiger partial charge is 0.452 e. The molecule has 1 amide bonds. The summed E-state index contributed by atoms with van der Waals surface area (Å²) >= 11 is 3.41. The molecular weight excluding hydrogens is 450 g/mol. The lowest BCUT2D eigenvalue weighted by Crippen LogP contribution is -2.21. The van der Waals surface area contributed by atoms with Crippen molar-refractivity contribution in [3.8, 4) is 11.3 Å². The number of amides is 1. The molecule has 2 aromatic heterocycles. The Morgan fingerprint density at radius 3 is 2.60 bits per heavy atom. The minimum absolute atomic E-state index is 0.264. The fourth-order valence-electron chi connectivity index (χ4n) is 2.93. The molecule has 0 saturated carbocycles. The van der Waals surface area contributed by atoms with E-state index in [0.717, 1.165) is 10.0 Å². The van der Waals surface area contributed by atoms with Gasteiger partial charge in [0, 0.05) is 21.5 Å². The fourth-order valence-corrected chi connectivity index (χ4v) is 3.19. The van der Waals surface area contributed by atoms with Crippen LogP contribution in [0, 0.1) is 6.92 Å². The molecule has 0 aliphatic carbocycles. The Hall–Kier alpha value is -3.52. The lowest BCUT2D eigenvalue weighted by molar-refractivity contribution is -0.119. The van der Waals surface area contributed by atoms with Gasteiger partial charge in [-0.05, 0) is 31.2 Å². The summed E-state index contributed by atoms with van der Waals surface area (Å²) in [5, 5.41) is 6.83. The predicted molar refractivity (Wildman–Crippen MR) is 115 cm³/mol. The van der Waals surface area contributed by atoms with Gasteiger partial charge in [-0.15, -0.1) is 0 Å². The molecule has 0 unspecified atom stereocenters. The highest BCUT2D eigenvalue weighted by Crippen LogP contribution is 2.26. The summed E-state index contributed by atoms with van der Waals surface area (Å²) in [5.74, 6) is -0.298. The van der Waals surface area contributed by atoms with E-state index in [4.69, 9.17) is 9.26 Å². The molecule has 7 nitrogen and oxygen atoms in total. The maximum Gasteiger partial charge on any atom is 0.339 e. The highest BCUT2D eigenvalue weighted by molar-refractivity contribution is 9.10. The van der Waals surface area contributed by atoms with Gasteiger partial charge >= 0.3 is 5.97 Å². The molecule has 150 valence electrons. The van der Waals surface area contributed by atoms with Crippen LogP contribution in [-0.4, -0.2) is 28.6 Å². The van der Waals surface area contributed by atoms with E-state index in [1.54, 1.807) is 25.1 Å². The summed E-state index contributed by atoms with van der Waals surface area (Å²) in [6.07, 6.45) is 0. The summed E-state index contributed by atoms with van der Waals surface area (Å²) in [4.78, 5) is 29.5. The van der Waals surface area contributed by atoms with E-state index in [2.05, 4.69) is 31.4 Å². The predicted octanol–water partition coefficient (Wildman–Crippen LogP) is 4.76. The number of nitrogens with one attached hydrogen (secondary N) is 1. The van der Waals surface area contributed by atoms with Crippen LogP contribution >= 0.6 is 15.9 Å². The number of aromatic nitrogens is 2. The van der Waals surface area contributed by atoms with Crippen molar-refractivity contribution in [2.75, 3.05) is 11.9 Å². The van der Waals surface area contributed by atoms with Gasteiger partial charge in [-0.1, -0.05) is 51.4 Å². The van der Waals surface area contributed by atoms with Crippen LogP contribution in [0.15, 0.2) is 69.7 Å². The third-order valence-corrected chi connectivity index (χ3v) is 4.83. The number of hydrogen-bond donors (Lipinski definition) is 1. The second-order valence-electron chi connectivity index (χ2n) is 6.53. The van der Waals surface area contributed by atoms with Crippen molar-refractivity contribution in [3.63, 3.8) is 0 Å². The summed E-state index contributed by atoms with van der Waals surface area (Å²) < 4.78 is 11.1. The number of pyridine rings is 1. The zero-order valence-electron chi connectivity index (χ0n) is 15.9. The van der Waals surface area contributed by atoms with Crippen LogP contribution in [0.25, 0.3) is 22.2 Å². The van der Waals surface area contributed by atoms with Gasteiger partial charge in [-0.25, -0.2) is 9.78 Å². The number of carbonyl (C=O) groups is 2. The molecule has 0 atom stereocenters. The monoisotopic (exact) mass is 465 g/mol. The first kappa shape index (κ1) is 19.8. The highest BCUT2D eigenvalue weighted by Gasteiger charge is 2.17. The van der Waals surface area contributed by atoms with Crippen molar-refractivity contribution in [1.82, 2.24) is 10.1 Å². The molecule has 8 heteroatoms. The number of nitrogens with zero attached hydrogens (tertiary/aromatic N) is 2. The Bertz CT molecular complexity index is 1230. The average Bonchev–Trinajstić information content (AvgIpc) is 3.16. The number of ether oxygens (including phenoxy) is 1. The Morgan fingerprint density at radius 1 is 1.10 bits per heavy atom. The van der Waals surface area contributed by atoms with Gasteiger partial charge in [0.05, 0.1) is 16.8 Å². The number of aryl methyl sites for hydroxylation is 1. The Morgan fingerprint density at radius 2 is 1.87 bits per heavy atom. The van der Waals surface area contributed by atoms with E-state index in [-0.39, 0.29) is 5.82 Å². The van der Waals surface area contributed by atoms with Crippen LogP contribution < -0.4 is 5.32 Å². The lowest BCUT2D eigenvalue weighted by Gasteiger charge is -2.10. The first-order chi connectivity index (χ1) is 14.5. The van der Waals surface area contributed by atoms with Crippen LogP contribution in [0.5, 0.6) is 0 Å². The SMILES string of the molecule is Cc1cc(NC(=O)COC(=O)c2cc(-c3ccc(Br)cc3)nc3ccccc23)no1. The van der Waals surface area contributed by atoms with Crippen molar-refractivity contribution < 1.29 is 18.8 Å². The molecule has 4 rings (SSSR count). The van der Waals surface area contributed by atoms with E-state index < -0.39 is 18.5 Å². The highest BCUT2D eigenvalue weighted by atomic mass is 79.9. The smallest absolute Gasteiger partial charge is 0.339 e. The third kappa shape index (κ3) is 4.38.